The molecule has 9 heteroatoms. The molecule has 344 valence electrons. The zero-order valence-corrected chi connectivity index (χ0v) is 37.7. The van der Waals surface area contributed by atoms with E-state index in [2.05, 4.69) is 98.9 Å². The number of hydrogen-bond acceptors (Lipinski definition) is 9. The molecule has 1 heterocycles. The molecule has 1 fully saturated rings. The zero-order valence-electron chi connectivity index (χ0n) is 37.7. The topological polar surface area (TPSA) is 135 Å². The Balaban J connectivity index is 2.24. The third-order valence-corrected chi connectivity index (χ3v) is 10.3. The molecule has 6 atom stereocenters. The van der Waals surface area contributed by atoms with Gasteiger partial charge in [-0.1, -0.05) is 176 Å². The van der Waals surface area contributed by atoms with Crippen LogP contribution in [0, 0.1) is 0 Å². The van der Waals surface area contributed by atoms with Crippen LogP contribution in [0.4, 0.5) is 0 Å². The van der Waals surface area contributed by atoms with Gasteiger partial charge < -0.3 is 39.4 Å². The van der Waals surface area contributed by atoms with Gasteiger partial charge in [0.05, 0.1) is 19.8 Å². The van der Waals surface area contributed by atoms with Crippen LogP contribution in [0.2, 0.25) is 0 Å². The highest BCUT2D eigenvalue weighted by atomic mass is 16.7. The van der Waals surface area contributed by atoms with Crippen LogP contribution < -0.4 is 0 Å². The van der Waals surface area contributed by atoms with Crippen LogP contribution in [0.3, 0.4) is 0 Å². The van der Waals surface area contributed by atoms with Gasteiger partial charge in [-0.15, -0.1) is 0 Å². The number of carbonyl (C=O) groups excluding carboxylic acids is 1. The van der Waals surface area contributed by atoms with E-state index in [0.717, 1.165) is 96.3 Å². The summed E-state index contributed by atoms with van der Waals surface area (Å²) in [6, 6.07) is 0. The number of ether oxygens (including phenoxy) is 4. The lowest BCUT2D eigenvalue weighted by molar-refractivity contribution is -0.305. The van der Waals surface area contributed by atoms with Crippen molar-refractivity contribution >= 4 is 5.97 Å². The van der Waals surface area contributed by atoms with Crippen LogP contribution in [0.25, 0.3) is 0 Å². The fraction of sp³-hybridized carbons (Fsp3) is 0.706. The molecule has 0 saturated carbocycles. The lowest BCUT2D eigenvalue weighted by Gasteiger charge is -2.39. The van der Waals surface area contributed by atoms with Gasteiger partial charge >= 0.3 is 5.97 Å². The summed E-state index contributed by atoms with van der Waals surface area (Å²) in [5.74, 6) is -0.328. The summed E-state index contributed by atoms with van der Waals surface area (Å²) in [7, 11) is 0. The number of aliphatic hydroxyl groups is 4. The lowest BCUT2D eigenvalue weighted by Crippen LogP contribution is -2.59. The first-order valence-corrected chi connectivity index (χ1v) is 23.7. The quantitative estimate of drug-likeness (QED) is 0.0271. The smallest absolute Gasteiger partial charge is 0.306 e. The molecule has 0 spiro atoms. The molecule has 0 amide bonds. The highest BCUT2D eigenvalue weighted by molar-refractivity contribution is 5.69. The molecule has 0 aromatic heterocycles. The zero-order chi connectivity index (χ0) is 43.6. The van der Waals surface area contributed by atoms with Gasteiger partial charge in [0.25, 0.3) is 0 Å². The highest BCUT2D eigenvalue weighted by Gasteiger charge is 2.44. The van der Waals surface area contributed by atoms with Gasteiger partial charge in [-0.25, -0.2) is 0 Å². The molecule has 0 bridgehead atoms. The maximum Gasteiger partial charge on any atom is 0.306 e. The third-order valence-electron chi connectivity index (χ3n) is 10.3. The van der Waals surface area contributed by atoms with Crippen molar-refractivity contribution in [2.75, 3.05) is 26.4 Å². The van der Waals surface area contributed by atoms with Crippen LogP contribution in [0.1, 0.15) is 168 Å². The summed E-state index contributed by atoms with van der Waals surface area (Å²) < 4.78 is 22.8. The minimum Gasteiger partial charge on any atom is -0.457 e. The van der Waals surface area contributed by atoms with Crippen molar-refractivity contribution in [3.05, 3.63) is 85.1 Å². The standard InChI is InChI=1S/C51H86O9/c1-3-5-7-9-11-13-15-16-17-18-19-20-21-22-23-24-25-26-27-28-29-31-33-35-37-39-41-57-43-45(44-58-51-50(56)49(55)48(54)46(42-52)60-51)59-47(53)40-38-36-34-32-30-14-12-10-8-6-4-2/h5,7,11,13,16-17,19-20,22-23,25-26,28-29,45-46,48-52,54-56H,3-4,6,8-10,12,14-15,18,21,24,27,30-44H2,1-2H3/b7-5-,13-11-,17-16-,20-19-,23-22-,26-25-,29-28-. The van der Waals surface area contributed by atoms with Gasteiger partial charge in [-0.3, -0.25) is 4.79 Å². The Morgan fingerprint density at radius 3 is 1.53 bits per heavy atom. The molecule has 0 aliphatic carbocycles. The molecule has 6 unspecified atom stereocenters. The number of rotatable bonds is 39. The predicted molar refractivity (Wildman–Crippen MR) is 247 cm³/mol. The van der Waals surface area contributed by atoms with Gasteiger partial charge in [0, 0.05) is 13.0 Å². The van der Waals surface area contributed by atoms with Crippen LogP contribution in [0.15, 0.2) is 85.1 Å². The predicted octanol–water partition coefficient (Wildman–Crippen LogP) is 11.0. The van der Waals surface area contributed by atoms with Crippen LogP contribution in [-0.4, -0.2) is 89.6 Å². The Morgan fingerprint density at radius 2 is 1.02 bits per heavy atom. The average molecular weight is 843 g/mol. The van der Waals surface area contributed by atoms with E-state index in [4.69, 9.17) is 18.9 Å². The second-order valence-electron chi connectivity index (χ2n) is 15.8. The first-order valence-electron chi connectivity index (χ1n) is 23.7. The molecular formula is C51H86O9. The summed E-state index contributed by atoms with van der Waals surface area (Å²) >= 11 is 0. The van der Waals surface area contributed by atoms with Crippen molar-refractivity contribution < 1.29 is 44.2 Å². The molecular weight excluding hydrogens is 757 g/mol. The van der Waals surface area contributed by atoms with Gasteiger partial charge in [0.15, 0.2) is 6.29 Å². The number of esters is 1. The molecule has 1 aliphatic heterocycles. The van der Waals surface area contributed by atoms with E-state index < -0.39 is 43.4 Å². The van der Waals surface area contributed by atoms with Crippen molar-refractivity contribution in [1.29, 1.82) is 0 Å². The molecule has 60 heavy (non-hydrogen) atoms. The summed E-state index contributed by atoms with van der Waals surface area (Å²) in [5.41, 5.74) is 0. The maximum absolute atomic E-state index is 12.7. The normalized spacial score (nSPS) is 20.8. The number of hydrogen-bond donors (Lipinski definition) is 4. The summed E-state index contributed by atoms with van der Waals surface area (Å²) in [5, 5.41) is 40.1. The Bertz CT molecular complexity index is 1190. The average Bonchev–Trinajstić information content (AvgIpc) is 3.25. The Morgan fingerprint density at radius 1 is 0.550 bits per heavy atom. The Kier molecular flexibility index (Phi) is 38.5. The Labute approximate surface area is 365 Å². The molecule has 9 nitrogen and oxygen atoms in total. The third kappa shape index (κ3) is 32.1. The van der Waals surface area contributed by atoms with Crippen LogP contribution >= 0.6 is 0 Å². The van der Waals surface area contributed by atoms with Gasteiger partial charge in [0.2, 0.25) is 0 Å². The first kappa shape index (κ1) is 55.4. The molecule has 1 rings (SSSR count). The summed E-state index contributed by atoms with van der Waals surface area (Å²) in [6.07, 6.45) is 49.0. The SMILES string of the molecule is CC/C=C\C/C=C\C/C=C\C/C=C\C/C=C\C/C=C\C/C=C\CCCCCCOCC(COC1OC(CO)C(O)C(O)C1O)OC(=O)CCCCCCCCCCCCC. The van der Waals surface area contributed by atoms with Gasteiger partial charge in [-0.05, 0) is 70.6 Å². The van der Waals surface area contributed by atoms with Crippen molar-refractivity contribution in [2.45, 2.75) is 205 Å². The monoisotopic (exact) mass is 843 g/mol. The maximum atomic E-state index is 12.7. The molecule has 0 radical (unpaired) electrons. The van der Waals surface area contributed by atoms with E-state index in [0.29, 0.717) is 13.0 Å². The van der Waals surface area contributed by atoms with E-state index in [1.807, 2.05) is 0 Å². The first-order chi connectivity index (χ1) is 29.4. The fourth-order valence-corrected chi connectivity index (χ4v) is 6.65. The number of allylic oxidation sites excluding steroid dienone is 14. The number of carbonyl (C=O) groups is 1. The summed E-state index contributed by atoms with van der Waals surface area (Å²) in [6.45, 7) is 4.36. The minimum absolute atomic E-state index is 0.124. The van der Waals surface area contributed by atoms with E-state index >= 15 is 0 Å². The van der Waals surface area contributed by atoms with E-state index in [-0.39, 0.29) is 19.2 Å². The van der Waals surface area contributed by atoms with Crippen molar-refractivity contribution in [1.82, 2.24) is 0 Å². The van der Waals surface area contributed by atoms with E-state index in [1.54, 1.807) is 0 Å². The summed E-state index contributed by atoms with van der Waals surface area (Å²) in [4.78, 5) is 12.7. The van der Waals surface area contributed by atoms with Crippen molar-refractivity contribution in [2.24, 2.45) is 0 Å². The van der Waals surface area contributed by atoms with Gasteiger partial charge in [0.1, 0.15) is 30.5 Å². The second kappa shape index (κ2) is 41.7. The Hall–Kier alpha value is -2.63. The molecule has 0 aromatic rings. The highest BCUT2D eigenvalue weighted by Crippen LogP contribution is 2.22. The van der Waals surface area contributed by atoms with Crippen molar-refractivity contribution in [3.63, 3.8) is 0 Å². The van der Waals surface area contributed by atoms with Crippen LogP contribution in [0.5, 0.6) is 0 Å². The molecule has 1 aliphatic rings. The fourth-order valence-electron chi connectivity index (χ4n) is 6.65. The van der Waals surface area contributed by atoms with Crippen LogP contribution in [-0.2, 0) is 23.7 Å². The minimum atomic E-state index is -1.54. The molecule has 1 saturated heterocycles. The van der Waals surface area contributed by atoms with E-state index in [9.17, 15) is 25.2 Å². The number of unbranched alkanes of at least 4 members (excludes halogenated alkanes) is 14. The van der Waals surface area contributed by atoms with Crippen molar-refractivity contribution in [3.8, 4) is 0 Å². The van der Waals surface area contributed by atoms with E-state index in [1.165, 1.54) is 51.4 Å². The lowest BCUT2D eigenvalue weighted by atomic mass is 9.99. The molecule has 0 aromatic carbocycles. The second-order valence-corrected chi connectivity index (χ2v) is 15.8. The largest absolute Gasteiger partial charge is 0.457 e. The molecule has 4 N–H and O–H groups in total. The number of aliphatic hydroxyl groups excluding tert-OH is 4. The van der Waals surface area contributed by atoms with Gasteiger partial charge in [-0.2, -0.15) is 0 Å².